The van der Waals surface area contributed by atoms with Gasteiger partial charge in [-0.3, -0.25) is 9.59 Å². The summed E-state index contributed by atoms with van der Waals surface area (Å²) in [7, 11) is 0. The quantitative estimate of drug-likeness (QED) is 0.137. The average molecular weight is 537 g/mol. The highest BCUT2D eigenvalue weighted by atomic mass is 19.2. The van der Waals surface area contributed by atoms with E-state index in [1.165, 1.54) is 12.1 Å². The lowest BCUT2D eigenvalue weighted by atomic mass is 10.0. The van der Waals surface area contributed by atoms with Crippen LogP contribution in [0.4, 0.5) is 33.5 Å². The number of hydrogen-bond acceptors (Lipinski definition) is 4. The molecule has 0 aliphatic rings. The van der Waals surface area contributed by atoms with Crippen molar-refractivity contribution in [1.82, 2.24) is 15.0 Å². The molecule has 0 aliphatic carbocycles. The number of hydrogen-bond donors (Lipinski definition) is 3. The van der Waals surface area contributed by atoms with E-state index in [-0.39, 0.29) is 11.6 Å². The first-order valence-electron chi connectivity index (χ1n) is 11.3. The second kappa shape index (κ2) is 10.3. The van der Waals surface area contributed by atoms with Crippen molar-refractivity contribution in [2.24, 2.45) is 0 Å². The first kappa shape index (κ1) is 25.5. The van der Waals surface area contributed by atoms with Crippen LogP contribution in [0.25, 0.3) is 22.4 Å². The van der Waals surface area contributed by atoms with Gasteiger partial charge in [0.1, 0.15) is 18.3 Å². The molecule has 196 valence electrons. The van der Waals surface area contributed by atoms with E-state index >= 15 is 0 Å². The Morgan fingerprint density at radius 3 is 2.26 bits per heavy atom. The number of anilines is 2. The van der Waals surface area contributed by atoms with E-state index in [4.69, 9.17) is 0 Å². The van der Waals surface area contributed by atoms with Crippen molar-refractivity contribution in [2.45, 2.75) is 6.67 Å². The minimum atomic E-state index is -2.22. The molecule has 2 amide bonds. The molecule has 0 bridgehead atoms. The SMILES string of the molecule is O=C(Nc1ccccn1)c1ccc2nc(-c3ccc(NC(=O)c4c(F)c(F)c(F)c(F)c4CF)cc3)[nH]c2c1. The predicted octanol–water partition coefficient (Wildman–Crippen LogP) is 6.16. The zero-order chi connectivity index (χ0) is 27.7. The number of amides is 2. The van der Waals surface area contributed by atoms with E-state index in [0.29, 0.717) is 33.8 Å². The number of aromatic nitrogens is 3. The number of H-pyrrole nitrogens is 1. The molecule has 3 aromatic carbocycles. The van der Waals surface area contributed by atoms with Crippen molar-refractivity contribution in [3.8, 4) is 11.4 Å². The van der Waals surface area contributed by atoms with Gasteiger partial charge in [0, 0.05) is 28.6 Å². The summed E-state index contributed by atoms with van der Waals surface area (Å²) in [5.41, 5.74) is -0.318. The Hall–Kier alpha value is -5.13. The predicted molar refractivity (Wildman–Crippen MR) is 133 cm³/mol. The molecule has 5 rings (SSSR count). The number of pyridine rings is 1. The lowest BCUT2D eigenvalue weighted by Gasteiger charge is -2.12. The minimum Gasteiger partial charge on any atom is -0.338 e. The van der Waals surface area contributed by atoms with Crippen LogP contribution >= 0.6 is 0 Å². The van der Waals surface area contributed by atoms with Crippen molar-refractivity contribution >= 4 is 34.4 Å². The largest absolute Gasteiger partial charge is 0.338 e. The van der Waals surface area contributed by atoms with Gasteiger partial charge < -0.3 is 15.6 Å². The first-order valence-corrected chi connectivity index (χ1v) is 11.3. The van der Waals surface area contributed by atoms with Crippen LogP contribution in [0, 0.1) is 23.3 Å². The first-order chi connectivity index (χ1) is 18.8. The molecule has 12 heteroatoms. The second-order valence-electron chi connectivity index (χ2n) is 8.26. The van der Waals surface area contributed by atoms with Gasteiger partial charge in [-0.15, -0.1) is 0 Å². The fourth-order valence-electron chi connectivity index (χ4n) is 3.86. The Labute approximate surface area is 216 Å². The maximum atomic E-state index is 14.2. The van der Waals surface area contributed by atoms with Crippen LogP contribution in [0.2, 0.25) is 0 Å². The van der Waals surface area contributed by atoms with E-state index in [1.54, 1.807) is 54.7 Å². The van der Waals surface area contributed by atoms with E-state index in [1.807, 2.05) is 0 Å². The normalized spacial score (nSPS) is 11.0. The number of nitrogens with zero attached hydrogens (tertiary/aromatic N) is 2. The summed E-state index contributed by atoms with van der Waals surface area (Å²) in [5.74, 6) is -9.27. The summed E-state index contributed by atoms with van der Waals surface area (Å²) in [5, 5.41) is 4.90. The highest BCUT2D eigenvalue weighted by Gasteiger charge is 2.29. The molecular formula is C27H16F5N5O2. The van der Waals surface area contributed by atoms with Crippen LogP contribution in [0.15, 0.2) is 66.9 Å². The van der Waals surface area contributed by atoms with Crippen LogP contribution in [0.5, 0.6) is 0 Å². The number of benzene rings is 3. The van der Waals surface area contributed by atoms with E-state index in [9.17, 15) is 31.5 Å². The van der Waals surface area contributed by atoms with Crippen molar-refractivity contribution in [3.63, 3.8) is 0 Å². The molecular weight excluding hydrogens is 521 g/mol. The Balaban J connectivity index is 1.35. The molecule has 2 aromatic heterocycles. The summed E-state index contributed by atoms with van der Waals surface area (Å²) < 4.78 is 68.3. The van der Waals surface area contributed by atoms with Gasteiger partial charge in [0.25, 0.3) is 11.8 Å². The number of rotatable bonds is 6. The van der Waals surface area contributed by atoms with Gasteiger partial charge in [-0.2, -0.15) is 0 Å². The third-order valence-corrected chi connectivity index (χ3v) is 5.79. The third-order valence-electron chi connectivity index (χ3n) is 5.79. The van der Waals surface area contributed by atoms with Crippen LogP contribution < -0.4 is 10.6 Å². The highest BCUT2D eigenvalue weighted by Crippen LogP contribution is 2.27. The Morgan fingerprint density at radius 1 is 0.821 bits per heavy atom. The molecule has 0 radical (unpaired) electrons. The van der Waals surface area contributed by atoms with Gasteiger partial charge in [-0.25, -0.2) is 31.9 Å². The molecule has 39 heavy (non-hydrogen) atoms. The summed E-state index contributed by atoms with van der Waals surface area (Å²) in [6.45, 7) is -1.72. The molecule has 0 aliphatic heterocycles. The number of nitrogens with one attached hydrogen (secondary N) is 3. The number of carbonyl (C=O) groups is 2. The Morgan fingerprint density at radius 2 is 1.56 bits per heavy atom. The standard InChI is InChI=1S/C27H16F5N5O2/c28-12-16-20(22(30)24(32)23(31)21(16)29)27(39)34-15-7-4-13(5-8-15)25-35-17-9-6-14(11-18(17)36-25)26(38)37-19-3-1-2-10-33-19/h1-11H,12H2,(H,34,39)(H,35,36)(H,33,37,38). The van der Waals surface area contributed by atoms with Crippen molar-refractivity contribution in [1.29, 1.82) is 0 Å². The van der Waals surface area contributed by atoms with Gasteiger partial charge in [-0.1, -0.05) is 6.07 Å². The van der Waals surface area contributed by atoms with Crippen LogP contribution in [-0.2, 0) is 6.67 Å². The zero-order valence-corrected chi connectivity index (χ0v) is 19.7. The highest BCUT2D eigenvalue weighted by molar-refractivity contribution is 6.06. The number of fused-ring (bicyclic) bond motifs is 1. The monoisotopic (exact) mass is 537 g/mol. The van der Waals surface area contributed by atoms with E-state index < -0.39 is 47.0 Å². The zero-order valence-electron chi connectivity index (χ0n) is 19.7. The molecule has 0 unspecified atom stereocenters. The van der Waals surface area contributed by atoms with Gasteiger partial charge >= 0.3 is 0 Å². The minimum absolute atomic E-state index is 0.0858. The lowest BCUT2D eigenvalue weighted by molar-refractivity contribution is 0.101. The molecule has 0 spiro atoms. The summed E-state index contributed by atoms with van der Waals surface area (Å²) in [4.78, 5) is 36.6. The molecule has 0 saturated heterocycles. The number of halogens is 5. The number of alkyl halides is 1. The molecule has 5 aromatic rings. The Bertz CT molecular complexity index is 1720. The van der Waals surface area contributed by atoms with Crippen LogP contribution in [-0.4, -0.2) is 26.8 Å². The maximum Gasteiger partial charge on any atom is 0.259 e. The molecule has 3 N–H and O–H groups in total. The van der Waals surface area contributed by atoms with Crippen molar-refractivity contribution in [3.05, 3.63) is 107 Å². The second-order valence-corrected chi connectivity index (χ2v) is 8.26. The number of carbonyl (C=O) groups excluding carboxylic acids is 2. The molecule has 7 nitrogen and oxygen atoms in total. The topological polar surface area (TPSA) is 99.8 Å². The van der Waals surface area contributed by atoms with Gasteiger partial charge in [0.05, 0.1) is 16.6 Å². The van der Waals surface area contributed by atoms with E-state index in [0.717, 1.165) is 0 Å². The molecule has 0 saturated carbocycles. The van der Waals surface area contributed by atoms with Crippen LogP contribution in [0.1, 0.15) is 26.3 Å². The van der Waals surface area contributed by atoms with Gasteiger partial charge in [0.15, 0.2) is 23.3 Å². The van der Waals surface area contributed by atoms with Crippen molar-refractivity contribution < 1.29 is 31.5 Å². The smallest absolute Gasteiger partial charge is 0.259 e. The maximum absolute atomic E-state index is 14.2. The van der Waals surface area contributed by atoms with Gasteiger partial charge in [0.2, 0.25) is 0 Å². The van der Waals surface area contributed by atoms with E-state index in [2.05, 4.69) is 25.6 Å². The third kappa shape index (κ3) is 4.91. The molecule has 0 atom stereocenters. The van der Waals surface area contributed by atoms with Crippen molar-refractivity contribution in [2.75, 3.05) is 10.6 Å². The number of aromatic amines is 1. The fourth-order valence-corrected chi connectivity index (χ4v) is 3.86. The fraction of sp³-hybridized carbons (Fsp3) is 0.0370. The summed E-state index contributed by atoms with van der Waals surface area (Å²) in [6.07, 6.45) is 1.55. The van der Waals surface area contributed by atoms with Crippen LogP contribution in [0.3, 0.4) is 0 Å². The summed E-state index contributed by atoms with van der Waals surface area (Å²) >= 11 is 0. The van der Waals surface area contributed by atoms with Gasteiger partial charge in [-0.05, 0) is 54.6 Å². The molecule has 2 heterocycles. The molecule has 0 fully saturated rings. The average Bonchev–Trinajstić information content (AvgIpc) is 3.38. The lowest BCUT2D eigenvalue weighted by Crippen LogP contribution is -2.19. The Kier molecular flexibility index (Phi) is 6.75. The number of imidazole rings is 1. The summed E-state index contributed by atoms with van der Waals surface area (Å²) in [6, 6.07) is 15.9.